The van der Waals surface area contributed by atoms with Gasteiger partial charge in [-0.3, -0.25) is 4.98 Å². The third-order valence-corrected chi connectivity index (χ3v) is 6.11. The Bertz CT molecular complexity index is 1210. The molecule has 0 saturated carbocycles. The van der Waals surface area contributed by atoms with Crippen LogP contribution in [0.4, 0.5) is 20.4 Å². The van der Waals surface area contributed by atoms with Gasteiger partial charge in [-0.2, -0.15) is 0 Å². The maximum Gasteiger partial charge on any atom is 0.172 e. The molecule has 200 valence electrons. The molecule has 5 rings (SSSR count). The van der Waals surface area contributed by atoms with E-state index in [1.165, 1.54) is 12.1 Å². The number of rotatable bonds is 7. The van der Waals surface area contributed by atoms with Crippen LogP contribution < -0.4 is 15.0 Å². The molecular weight excluding hydrogens is 484 g/mol. The Morgan fingerprint density at radius 2 is 1.84 bits per heavy atom. The second-order valence-electron chi connectivity index (χ2n) is 9.81. The van der Waals surface area contributed by atoms with Gasteiger partial charge in [0, 0.05) is 51.2 Å². The molecule has 0 bridgehead atoms. The maximum absolute atomic E-state index is 14.0. The van der Waals surface area contributed by atoms with Gasteiger partial charge in [-0.05, 0) is 32.0 Å². The van der Waals surface area contributed by atoms with Gasteiger partial charge in [0.2, 0.25) is 0 Å². The van der Waals surface area contributed by atoms with Crippen molar-refractivity contribution in [2.45, 2.75) is 50.9 Å². The zero-order valence-corrected chi connectivity index (χ0v) is 21.2. The first-order chi connectivity index (χ1) is 17.7. The third kappa shape index (κ3) is 6.79. The average molecular weight is 518 g/mol. The second-order valence-corrected chi connectivity index (χ2v) is 9.81. The Morgan fingerprint density at radius 3 is 2.46 bits per heavy atom. The number of nitrogens with zero attached hydrogens (tertiary/aromatic N) is 4. The molecule has 2 aliphatic rings. The summed E-state index contributed by atoms with van der Waals surface area (Å²) in [6, 6.07) is 5.39. The fraction of sp³-hybridized carbons (Fsp3) is 0.500. The minimum atomic E-state index is -0.873. The number of nitrogens with one attached hydrogen (secondary N) is 1. The molecule has 2 aromatic heterocycles. The van der Waals surface area contributed by atoms with Crippen LogP contribution in [-0.2, 0) is 11.2 Å². The Labute approximate surface area is 214 Å². The monoisotopic (exact) mass is 517 g/mol. The standard InChI is InChI=1S/C25H29F2N5O3.CH4O/c1-25(2,33)11-16-10-20-21(12-28-16)31-24(23(30-20)29-17-13-34-14-17)32-7-5-18(6-8-32)35-22-4-3-15(26)9-19(22)27;1-2/h3-4,9-10,12,17-18,33H,5-8,11,13-14H2,1-2H3,(H,29,30);2H,1H3. The molecular formula is C26H33F2N5O4. The minimum Gasteiger partial charge on any atom is -0.487 e. The largest absolute Gasteiger partial charge is 0.487 e. The van der Waals surface area contributed by atoms with Crippen LogP contribution in [0.3, 0.4) is 0 Å². The Kier molecular flexibility index (Phi) is 8.35. The molecule has 0 radical (unpaired) electrons. The molecule has 0 spiro atoms. The van der Waals surface area contributed by atoms with E-state index in [1.807, 2.05) is 6.07 Å². The number of anilines is 2. The normalized spacial score (nSPS) is 16.7. The highest BCUT2D eigenvalue weighted by atomic mass is 19.1. The van der Waals surface area contributed by atoms with Crippen molar-refractivity contribution < 1.29 is 28.5 Å². The van der Waals surface area contributed by atoms with Crippen LogP contribution in [0, 0.1) is 11.6 Å². The van der Waals surface area contributed by atoms with Crippen molar-refractivity contribution in [2.75, 3.05) is 43.6 Å². The predicted molar refractivity (Wildman–Crippen MR) is 136 cm³/mol. The number of hydrogen-bond acceptors (Lipinski definition) is 9. The molecule has 3 N–H and O–H groups in total. The van der Waals surface area contributed by atoms with Gasteiger partial charge >= 0.3 is 0 Å². The number of piperidine rings is 1. The number of benzene rings is 1. The smallest absolute Gasteiger partial charge is 0.172 e. The van der Waals surface area contributed by atoms with Crippen LogP contribution in [0.15, 0.2) is 30.5 Å². The lowest BCUT2D eigenvalue weighted by molar-refractivity contribution is 0.0209. The van der Waals surface area contributed by atoms with E-state index in [0.717, 1.165) is 24.7 Å². The van der Waals surface area contributed by atoms with E-state index >= 15 is 0 Å². The van der Waals surface area contributed by atoms with Gasteiger partial charge < -0.3 is 29.9 Å². The fourth-order valence-corrected chi connectivity index (χ4v) is 4.30. The number of hydrogen-bond donors (Lipinski definition) is 3. The zero-order valence-electron chi connectivity index (χ0n) is 21.2. The Balaban J connectivity index is 0.00000156. The van der Waals surface area contributed by atoms with Crippen LogP contribution in [0.5, 0.6) is 5.75 Å². The summed E-state index contributed by atoms with van der Waals surface area (Å²) < 4.78 is 38.3. The van der Waals surface area contributed by atoms with E-state index < -0.39 is 17.2 Å². The van der Waals surface area contributed by atoms with Crippen LogP contribution >= 0.6 is 0 Å². The van der Waals surface area contributed by atoms with E-state index in [4.69, 9.17) is 24.5 Å². The summed E-state index contributed by atoms with van der Waals surface area (Å²) in [5.74, 6) is 0.148. The van der Waals surface area contributed by atoms with Gasteiger partial charge in [-0.15, -0.1) is 0 Å². The number of aliphatic hydroxyl groups is 2. The summed E-state index contributed by atoms with van der Waals surface area (Å²) in [4.78, 5) is 16.3. The van der Waals surface area contributed by atoms with E-state index in [1.54, 1.807) is 20.0 Å². The first-order valence-electron chi connectivity index (χ1n) is 12.3. The molecule has 1 aromatic carbocycles. The first-order valence-corrected chi connectivity index (χ1v) is 12.3. The topological polar surface area (TPSA) is 113 Å². The summed E-state index contributed by atoms with van der Waals surface area (Å²) in [6.07, 6.45) is 3.24. The number of pyridine rings is 1. The lowest BCUT2D eigenvalue weighted by atomic mass is 10.0. The van der Waals surface area contributed by atoms with Crippen LogP contribution in [-0.4, -0.2) is 76.3 Å². The number of aliphatic hydroxyl groups excluding tert-OH is 1. The summed E-state index contributed by atoms with van der Waals surface area (Å²) in [6.45, 7) is 6.00. The molecule has 3 aromatic rings. The lowest BCUT2D eigenvalue weighted by Gasteiger charge is -2.35. The molecule has 37 heavy (non-hydrogen) atoms. The van der Waals surface area contributed by atoms with E-state index in [-0.39, 0.29) is 17.9 Å². The van der Waals surface area contributed by atoms with Crippen molar-refractivity contribution in [3.63, 3.8) is 0 Å². The van der Waals surface area contributed by atoms with Gasteiger partial charge in [-0.25, -0.2) is 18.7 Å². The van der Waals surface area contributed by atoms with Gasteiger partial charge in [0.1, 0.15) is 17.4 Å². The summed E-state index contributed by atoms with van der Waals surface area (Å²) in [7, 11) is 1.00. The average Bonchev–Trinajstić information content (AvgIpc) is 2.83. The summed E-state index contributed by atoms with van der Waals surface area (Å²) >= 11 is 0. The van der Waals surface area contributed by atoms with Crippen molar-refractivity contribution in [3.05, 3.63) is 47.8 Å². The summed E-state index contributed by atoms with van der Waals surface area (Å²) in [5.41, 5.74) is 1.25. The lowest BCUT2D eigenvalue weighted by Crippen LogP contribution is -2.42. The fourth-order valence-electron chi connectivity index (χ4n) is 4.30. The SMILES string of the molecule is CC(C)(O)Cc1cc2nc(NC3COC3)c(N3CCC(Oc4ccc(F)cc4F)CC3)nc2cn1.CO. The van der Waals surface area contributed by atoms with Crippen LogP contribution in [0.2, 0.25) is 0 Å². The molecule has 0 unspecified atom stereocenters. The molecule has 0 aliphatic carbocycles. The maximum atomic E-state index is 14.0. The van der Waals surface area contributed by atoms with Crippen LogP contribution in [0.25, 0.3) is 11.0 Å². The number of aromatic nitrogens is 3. The minimum absolute atomic E-state index is 0.0654. The van der Waals surface area contributed by atoms with Crippen LogP contribution in [0.1, 0.15) is 32.4 Å². The Morgan fingerprint density at radius 1 is 1.11 bits per heavy atom. The number of fused-ring (bicyclic) bond motifs is 1. The van der Waals surface area contributed by atoms with E-state index in [2.05, 4.69) is 15.2 Å². The molecule has 11 heteroatoms. The highest BCUT2D eigenvalue weighted by Crippen LogP contribution is 2.30. The van der Waals surface area contributed by atoms with E-state index in [9.17, 15) is 13.9 Å². The zero-order chi connectivity index (χ0) is 26.6. The van der Waals surface area contributed by atoms with Crippen molar-refractivity contribution in [1.82, 2.24) is 15.0 Å². The molecule has 9 nitrogen and oxygen atoms in total. The molecule has 0 amide bonds. The molecule has 2 aliphatic heterocycles. The van der Waals surface area contributed by atoms with Crippen molar-refractivity contribution in [2.24, 2.45) is 0 Å². The van der Waals surface area contributed by atoms with Gasteiger partial charge in [-0.1, -0.05) is 0 Å². The number of ether oxygens (including phenoxy) is 2. The highest BCUT2D eigenvalue weighted by Gasteiger charge is 2.27. The van der Waals surface area contributed by atoms with Gasteiger partial charge in [0.15, 0.2) is 23.2 Å². The quantitative estimate of drug-likeness (QED) is 0.435. The number of halogens is 2. The highest BCUT2D eigenvalue weighted by molar-refractivity contribution is 5.80. The molecule has 2 saturated heterocycles. The van der Waals surface area contributed by atoms with Gasteiger partial charge in [0.25, 0.3) is 0 Å². The summed E-state index contributed by atoms with van der Waals surface area (Å²) in [5, 5.41) is 20.6. The van der Waals surface area contributed by atoms with Crippen molar-refractivity contribution in [1.29, 1.82) is 0 Å². The van der Waals surface area contributed by atoms with Crippen molar-refractivity contribution in [3.8, 4) is 5.75 Å². The first kappa shape index (κ1) is 26.9. The molecule has 4 heterocycles. The second kappa shape index (κ2) is 11.5. The van der Waals surface area contributed by atoms with Gasteiger partial charge in [0.05, 0.1) is 36.6 Å². The Hall–Kier alpha value is -3.15. The van der Waals surface area contributed by atoms with E-state index in [0.29, 0.717) is 62.4 Å². The molecule has 2 fully saturated rings. The predicted octanol–water partition coefficient (Wildman–Crippen LogP) is 3.08. The third-order valence-electron chi connectivity index (χ3n) is 6.11. The van der Waals surface area contributed by atoms with Crippen molar-refractivity contribution >= 4 is 22.7 Å². The molecule has 0 atom stereocenters.